The third-order valence-corrected chi connectivity index (χ3v) is 5.40. The highest BCUT2D eigenvalue weighted by Gasteiger charge is 2.13. The van der Waals surface area contributed by atoms with Gasteiger partial charge in [0.15, 0.2) is 0 Å². The van der Waals surface area contributed by atoms with Gasteiger partial charge in [0.1, 0.15) is 29.6 Å². The van der Waals surface area contributed by atoms with Gasteiger partial charge in [-0.05, 0) is 61.2 Å². The summed E-state index contributed by atoms with van der Waals surface area (Å²) in [6, 6.07) is 8.93. The number of pyridine rings is 1. The van der Waals surface area contributed by atoms with E-state index in [1.165, 1.54) is 12.4 Å². The van der Waals surface area contributed by atoms with Crippen LogP contribution in [-0.4, -0.2) is 26.5 Å². The number of aromatic amines is 1. The molecule has 0 spiro atoms. The maximum atomic E-state index is 14.2. The molecule has 1 aromatic carbocycles. The maximum Gasteiger partial charge on any atom is 0.147 e. The molecule has 0 fully saturated rings. The summed E-state index contributed by atoms with van der Waals surface area (Å²) in [4.78, 5) is 16.3. The van der Waals surface area contributed by atoms with Crippen LogP contribution in [0.2, 0.25) is 0 Å². The van der Waals surface area contributed by atoms with Gasteiger partial charge in [-0.1, -0.05) is 25.3 Å². The van der Waals surface area contributed by atoms with Crippen molar-refractivity contribution in [2.45, 2.75) is 20.3 Å². The van der Waals surface area contributed by atoms with E-state index in [9.17, 15) is 4.39 Å². The predicted octanol–water partition coefficient (Wildman–Crippen LogP) is 5.79. The molecule has 0 saturated heterocycles. The van der Waals surface area contributed by atoms with Gasteiger partial charge in [-0.15, -0.1) is 0 Å². The first-order valence-corrected chi connectivity index (χ1v) is 10.3. The molecule has 162 valence electrons. The molecule has 0 aliphatic rings. The molecule has 0 amide bonds. The Kier molecular flexibility index (Phi) is 5.98. The Hall–Kier alpha value is -4.00. The molecule has 7 heteroatoms. The Morgan fingerprint density at radius 2 is 1.84 bits per heavy atom. The van der Waals surface area contributed by atoms with E-state index in [2.05, 4.69) is 43.7 Å². The molecule has 0 saturated carbocycles. The summed E-state index contributed by atoms with van der Waals surface area (Å²) >= 11 is 0. The Morgan fingerprint density at radius 1 is 1.03 bits per heavy atom. The van der Waals surface area contributed by atoms with Crippen LogP contribution in [0.25, 0.3) is 23.1 Å². The number of anilines is 3. The summed E-state index contributed by atoms with van der Waals surface area (Å²) in [6.45, 7) is 12.2. The number of halogens is 1. The molecule has 0 radical (unpaired) electrons. The van der Waals surface area contributed by atoms with Gasteiger partial charge in [0.2, 0.25) is 0 Å². The molecular formula is C25H25FN6. The molecule has 0 aliphatic heterocycles. The standard InChI is InChI=1S/C25H25FN6/c1-5-17-8-10-21(31-20(17)6-2)32-23-13-22(28-14-29-23)27-12-11-18-16(4)30-25-19(26)9-7-15(3)24(18)25/h5-10,13-14,30H,1-2,11-12H2,3-4H3,(H2,27,28,29,31,32). The zero-order valence-corrected chi connectivity index (χ0v) is 18.2. The minimum Gasteiger partial charge on any atom is -0.370 e. The van der Waals surface area contributed by atoms with Gasteiger partial charge < -0.3 is 15.6 Å². The number of H-pyrrole nitrogens is 1. The van der Waals surface area contributed by atoms with E-state index in [1.54, 1.807) is 12.2 Å². The molecule has 0 atom stereocenters. The van der Waals surface area contributed by atoms with E-state index >= 15 is 0 Å². The number of aromatic nitrogens is 4. The van der Waals surface area contributed by atoms with E-state index in [1.807, 2.05) is 38.1 Å². The van der Waals surface area contributed by atoms with E-state index in [0.29, 0.717) is 29.5 Å². The lowest BCUT2D eigenvalue weighted by Crippen LogP contribution is -2.08. The van der Waals surface area contributed by atoms with Gasteiger partial charge in [-0.2, -0.15) is 0 Å². The van der Waals surface area contributed by atoms with E-state index in [0.717, 1.165) is 39.9 Å². The second-order valence-electron chi connectivity index (χ2n) is 7.51. The number of nitrogens with one attached hydrogen (secondary N) is 3. The number of aryl methyl sites for hydroxylation is 2. The highest BCUT2D eigenvalue weighted by atomic mass is 19.1. The summed E-state index contributed by atoms with van der Waals surface area (Å²) in [5, 5.41) is 7.48. The number of nitrogens with zero attached hydrogens (tertiary/aromatic N) is 3. The fourth-order valence-electron chi connectivity index (χ4n) is 3.82. The molecule has 32 heavy (non-hydrogen) atoms. The predicted molar refractivity (Wildman–Crippen MR) is 130 cm³/mol. The molecule has 0 aliphatic carbocycles. The summed E-state index contributed by atoms with van der Waals surface area (Å²) in [6.07, 6.45) is 5.66. The van der Waals surface area contributed by atoms with Crippen molar-refractivity contribution in [2.24, 2.45) is 0 Å². The molecule has 0 bridgehead atoms. The van der Waals surface area contributed by atoms with Crippen LogP contribution in [0.1, 0.15) is 28.1 Å². The smallest absolute Gasteiger partial charge is 0.147 e. The highest BCUT2D eigenvalue weighted by molar-refractivity contribution is 5.88. The molecule has 6 nitrogen and oxygen atoms in total. The molecule has 3 heterocycles. The van der Waals surface area contributed by atoms with Gasteiger partial charge in [-0.25, -0.2) is 19.3 Å². The third-order valence-electron chi connectivity index (χ3n) is 5.40. The Morgan fingerprint density at radius 3 is 2.62 bits per heavy atom. The van der Waals surface area contributed by atoms with Crippen LogP contribution in [-0.2, 0) is 6.42 Å². The van der Waals surface area contributed by atoms with Gasteiger partial charge >= 0.3 is 0 Å². The first-order chi connectivity index (χ1) is 15.5. The van der Waals surface area contributed by atoms with Crippen molar-refractivity contribution in [3.05, 3.63) is 83.7 Å². The first kappa shape index (κ1) is 21.2. The van der Waals surface area contributed by atoms with Crippen molar-refractivity contribution in [1.82, 2.24) is 19.9 Å². The van der Waals surface area contributed by atoms with Gasteiger partial charge in [0, 0.05) is 23.7 Å². The molecule has 3 N–H and O–H groups in total. The van der Waals surface area contributed by atoms with Crippen LogP contribution >= 0.6 is 0 Å². The topological polar surface area (TPSA) is 78.5 Å². The van der Waals surface area contributed by atoms with Crippen molar-refractivity contribution in [3.63, 3.8) is 0 Å². The molecular weight excluding hydrogens is 403 g/mol. The number of fused-ring (bicyclic) bond motifs is 1. The minimum atomic E-state index is -0.228. The van der Waals surface area contributed by atoms with Crippen LogP contribution < -0.4 is 10.6 Å². The number of benzene rings is 1. The SMILES string of the molecule is C=Cc1ccc(Nc2cc(NCCc3c(C)[nH]c4c(F)ccc(C)c34)ncn2)nc1C=C. The number of rotatable bonds is 8. The fourth-order valence-corrected chi connectivity index (χ4v) is 3.82. The van der Waals surface area contributed by atoms with Crippen LogP contribution in [0.3, 0.4) is 0 Å². The number of hydrogen-bond acceptors (Lipinski definition) is 5. The van der Waals surface area contributed by atoms with Gasteiger partial charge in [0.05, 0.1) is 11.2 Å². The summed E-state index contributed by atoms with van der Waals surface area (Å²) in [7, 11) is 0. The quantitative estimate of drug-likeness (QED) is 0.331. The van der Waals surface area contributed by atoms with Crippen LogP contribution in [0.4, 0.5) is 21.8 Å². The maximum absolute atomic E-state index is 14.2. The summed E-state index contributed by atoms with van der Waals surface area (Å²) in [5.74, 6) is 1.74. The van der Waals surface area contributed by atoms with Crippen LogP contribution in [0.15, 0.2) is 49.8 Å². The monoisotopic (exact) mass is 428 g/mol. The Labute approximate surface area is 186 Å². The summed E-state index contributed by atoms with van der Waals surface area (Å²) in [5.41, 5.74) is 5.38. The second kappa shape index (κ2) is 9.01. The minimum absolute atomic E-state index is 0.228. The van der Waals surface area contributed by atoms with Crippen molar-refractivity contribution in [1.29, 1.82) is 0 Å². The Balaban J connectivity index is 1.46. The van der Waals surface area contributed by atoms with Crippen molar-refractivity contribution in [3.8, 4) is 0 Å². The average Bonchev–Trinajstić information content (AvgIpc) is 3.14. The van der Waals surface area contributed by atoms with Crippen molar-refractivity contribution in [2.75, 3.05) is 17.2 Å². The normalized spacial score (nSPS) is 10.8. The fraction of sp³-hybridized carbons (Fsp3) is 0.160. The molecule has 3 aromatic heterocycles. The molecule has 4 aromatic rings. The summed E-state index contributed by atoms with van der Waals surface area (Å²) < 4.78 is 14.2. The Bertz CT molecular complexity index is 1310. The van der Waals surface area contributed by atoms with Crippen molar-refractivity contribution < 1.29 is 4.39 Å². The van der Waals surface area contributed by atoms with Gasteiger partial charge in [-0.3, -0.25) is 0 Å². The lowest BCUT2D eigenvalue weighted by molar-refractivity contribution is 0.637. The van der Waals surface area contributed by atoms with Crippen LogP contribution in [0.5, 0.6) is 0 Å². The van der Waals surface area contributed by atoms with Crippen molar-refractivity contribution >= 4 is 40.5 Å². The average molecular weight is 429 g/mol. The highest BCUT2D eigenvalue weighted by Crippen LogP contribution is 2.28. The molecule has 4 rings (SSSR count). The zero-order valence-electron chi connectivity index (χ0n) is 18.2. The van der Waals surface area contributed by atoms with Crippen LogP contribution in [0, 0.1) is 19.7 Å². The second-order valence-corrected chi connectivity index (χ2v) is 7.51. The first-order valence-electron chi connectivity index (χ1n) is 10.3. The lowest BCUT2D eigenvalue weighted by atomic mass is 10.0. The van der Waals surface area contributed by atoms with E-state index < -0.39 is 0 Å². The van der Waals surface area contributed by atoms with E-state index in [4.69, 9.17) is 0 Å². The van der Waals surface area contributed by atoms with Gasteiger partial charge in [0.25, 0.3) is 0 Å². The lowest BCUT2D eigenvalue weighted by Gasteiger charge is -2.10. The largest absolute Gasteiger partial charge is 0.370 e. The number of hydrogen-bond donors (Lipinski definition) is 3. The molecule has 0 unspecified atom stereocenters. The third kappa shape index (κ3) is 4.23. The van der Waals surface area contributed by atoms with E-state index in [-0.39, 0.29) is 5.82 Å². The zero-order chi connectivity index (χ0) is 22.7.